The van der Waals surface area contributed by atoms with E-state index in [-0.39, 0.29) is 24.3 Å². The van der Waals surface area contributed by atoms with Crippen LogP contribution in [-0.2, 0) is 16.1 Å². The smallest absolute Gasteiger partial charge is 0.410 e. The third-order valence-corrected chi connectivity index (χ3v) is 7.35. The molecule has 1 amide bonds. The Morgan fingerprint density at radius 1 is 1.12 bits per heavy atom. The number of carbonyl (C=O) groups excluding carboxylic acids is 1. The lowest BCUT2D eigenvalue weighted by Gasteiger charge is -2.39. The summed E-state index contributed by atoms with van der Waals surface area (Å²) in [6, 6.07) is 5.75. The molecule has 6 nitrogen and oxygen atoms in total. The molecule has 2 bridgehead atoms. The minimum atomic E-state index is -0.492. The van der Waals surface area contributed by atoms with Crippen LogP contribution in [0.1, 0.15) is 76.5 Å². The fraction of sp³-hybridized carbons (Fsp3) is 0.600. The molecule has 1 aliphatic carbocycles. The van der Waals surface area contributed by atoms with Gasteiger partial charge in [0.15, 0.2) is 0 Å². The van der Waals surface area contributed by atoms with Gasteiger partial charge in [-0.25, -0.2) is 4.79 Å². The van der Waals surface area contributed by atoms with Crippen molar-refractivity contribution in [3.63, 3.8) is 0 Å². The maximum absolute atomic E-state index is 12.7. The molecule has 33 heavy (non-hydrogen) atoms. The maximum Gasteiger partial charge on any atom is 0.410 e. The van der Waals surface area contributed by atoms with E-state index in [1.54, 1.807) is 0 Å². The summed E-state index contributed by atoms with van der Waals surface area (Å²) in [5, 5.41) is 5.44. The molecule has 8 heteroatoms. The molecule has 0 unspecified atom stereocenters. The van der Waals surface area contributed by atoms with Crippen molar-refractivity contribution in [2.45, 2.75) is 95.6 Å². The van der Waals surface area contributed by atoms with Gasteiger partial charge in [0.05, 0.1) is 22.8 Å². The number of hydrogen-bond donors (Lipinski definition) is 0. The van der Waals surface area contributed by atoms with E-state index in [9.17, 15) is 4.79 Å². The summed E-state index contributed by atoms with van der Waals surface area (Å²) in [6.45, 7) is 6.11. The van der Waals surface area contributed by atoms with E-state index in [1.807, 2.05) is 43.9 Å². The Balaban J connectivity index is 1.31. The quantitative estimate of drug-likeness (QED) is 0.450. The molecular formula is C25H30Cl2N2O4. The number of nitrogens with zero attached hydrogens (tertiary/aromatic N) is 2. The SMILES string of the molecule is CC(C)(C)OC(=O)N1[C@@H]2CC[C@H]1C[C@@H](OCc1c(-c3c(Cl)cccc3Cl)noc1C1CC1)C2. The molecule has 2 aromatic rings. The fourth-order valence-corrected chi connectivity index (χ4v) is 5.70. The highest BCUT2D eigenvalue weighted by atomic mass is 35.5. The molecule has 1 aromatic heterocycles. The molecule has 2 aliphatic heterocycles. The zero-order valence-corrected chi connectivity index (χ0v) is 20.8. The van der Waals surface area contributed by atoms with Gasteiger partial charge in [-0.2, -0.15) is 0 Å². The van der Waals surface area contributed by atoms with Crippen molar-refractivity contribution in [2.24, 2.45) is 0 Å². The van der Waals surface area contributed by atoms with E-state index in [0.29, 0.717) is 33.8 Å². The second-order valence-corrected chi connectivity index (χ2v) is 11.2. The van der Waals surface area contributed by atoms with Crippen LogP contribution in [0.2, 0.25) is 10.0 Å². The van der Waals surface area contributed by atoms with Crippen LogP contribution in [-0.4, -0.2) is 39.9 Å². The van der Waals surface area contributed by atoms with Crippen molar-refractivity contribution in [1.29, 1.82) is 0 Å². The Bertz CT molecular complexity index is 1010. The lowest BCUT2D eigenvalue weighted by molar-refractivity contribution is -0.0398. The minimum Gasteiger partial charge on any atom is -0.444 e. The normalized spacial score (nSPS) is 24.9. The van der Waals surface area contributed by atoms with Crippen LogP contribution in [0, 0.1) is 0 Å². The molecule has 3 aliphatic rings. The Kier molecular flexibility index (Phi) is 6.13. The minimum absolute atomic E-state index is 0.0673. The van der Waals surface area contributed by atoms with E-state index in [0.717, 1.165) is 49.8 Å². The van der Waals surface area contributed by atoms with Crippen LogP contribution in [0.4, 0.5) is 4.79 Å². The summed E-state index contributed by atoms with van der Waals surface area (Å²) in [7, 11) is 0. The van der Waals surface area contributed by atoms with Gasteiger partial charge in [0, 0.05) is 29.1 Å². The summed E-state index contributed by atoms with van der Waals surface area (Å²) >= 11 is 12.9. The average Bonchev–Trinajstić information content (AvgIpc) is 3.43. The summed E-state index contributed by atoms with van der Waals surface area (Å²) < 4.78 is 17.8. The van der Waals surface area contributed by atoms with Gasteiger partial charge in [-0.15, -0.1) is 0 Å². The zero-order chi connectivity index (χ0) is 23.3. The predicted octanol–water partition coefficient (Wildman–Crippen LogP) is 6.97. The van der Waals surface area contributed by atoms with E-state index < -0.39 is 5.60 Å². The van der Waals surface area contributed by atoms with Crippen molar-refractivity contribution in [2.75, 3.05) is 0 Å². The molecule has 3 fully saturated rings. The molecule has 1 saturated carbocycles. The third-order valence-electron chi connectivity index (χ3n) is 6.72. The van der Waals surface area contributed by atoms with E-state index >= 15 is 0 Å². The van der Waals surface area contributed by atoms with E-state index in [4.69, 9.17) is 37.2 Å². The first-order valence-corrected chi connectivity index (χ1v) is 12.5. The molecule has 3 heterocycles. The van der Waals surface area contributed by atoms with Crippen LogP contribution in [0.25, 0.3) is 11.3 Å². The van der Waals surface area contributed by atoms with Crippen LogP contribution in [0.3, 0.4) is 0 Å². The van der Waals surface area contributed by atoms with E-state index in [1.165, 1.54) is 0 Å². The summed E-state index contributed by atoms with van der Waals surface area (Å²) in [4.78, 5) is 14.7. The first-order valence-electron chi connectivity index (χ1n) is 11.8. The van der Waals surface area contributed by atoms with Gasteiger partial charge in [-0.05, 0) is 71.4 Å². The maximum atomic E-state index is 12.7. The first-order chi connectivity index (χ1) is 15.7. The lowest BCUT2D eigenvalue weighted by atomic mass is 9.99. The van der Waals surface area contributed by atoms with Gasteiger partial charge in [0.1, 0.15) is 17.1 Å². The number of ether oxygens (including phenoxy) is 2. The molecular weight excluding hydrogens is 463 g/mol. The van der Waals surface area contributed by atoms with Crippen molar-refractivity contribution in [3.05, 3.63) is 39.6 Å². The largest absolute Gasteiger partial charge is 0.444 e. The molecule has 3 atom stereocenters. The van der Waals surface area contributed by atoms with Gasteiger partial charge in [0.2, 0.25) is 0 Å². The van der Waals surface area contributed by atoms with Gasteiger partial charge in [0.25, 0.3) is 0 Å². The number of carbonyl (C=O) groups is 1. The predicted molar refractivity (Wildman–Crippen MR) is 127 cm³/mol. The first kappa shape index (κ1) is 23.0. The zero-order valence-electron chi connectivity index (χ0n) is 19.3. The fourth-order valence-electron chi connectivity index (χ4n) is 5.13. The van der Waals surface area contributed by atoms with Crippen LogP contribution in [0.5, 0.6) is 0 Å². The summed E-state index contributed by atoms with van der Waals surface area (Å²) in [5.41, 5.74) is 1.80. The number of benzene rings is 1. The molecule has 1 aromatic carbocycles. The van der Waals surface area contributed by atoms with Crippen molar-refractivity contribution in [3.8, 4) is 11.3 Å². The van der Waals surface area contributed by atoms with Crippen molar-refractivity contribution in [1.82, 2.24) is 10.1 Å². The Morgan fingerprint density at radius 2 is 1.76 bits per heavy atom. The third kappa shape index (κ3) is 4.75. The standard InChI is InChI=1S/C25H30Cl2N2O4/c1-25(2,3)32-24(30)29-15-9-10-16(29)12-17(11-15)31-13-18-22(28-33-23(18)14-7-8-14)21-19(26)5-4-6-20(21)27/h4-6,14-17H,7-13H2,1-3H3/t15-,16+,17+. The molecule has 2 saturated heterocycles. The monoisotopic (exact) mass is 492 g/mol. The topological polar surface area (TPSA) is 64.8 Å². The second-order valence-electron chi connectivity index (χ2n) is 10.4. The number of hydrogen-bond acceptors (Lipinski definition) is 5. The van der Waals surface area contributed by atoms with Gasteiger partial charge >= 0.3 is 6.09 Å². The molecule has 5 rings (SSSR count). The van der Waals surface area contributed by atoms with Crippen LogP contribution >= 0.6 is 23.2 Å². The van der Waals surface area contributed by atoms with Crippen molar-refractivity contribution < 1.29 is 18.8 Å². The number of fused-ring (bicyclic) bond motifs is 2. The van der Waals surface area contributed by atoms with Gasteiger partial charge in [-0.1, -0.05) is 34.4 Å². The van der Waals surface area contributed by atoms with E-state index in [2.05, 4.69) is 5.16 Å². The number of halogens is 2. The Morgan fingerprint density at radius 3 is 2.33 bits per heavy atom. The number of amides is 1. The molecule has 0 spiro atoms. The highest BCUT2D eigenvalue weighted by molar-refractivity contribution is 6.39. The Labute approximate surface area is 204 Å². The van der Waals surface area contributed by atoms with Crippen molar-refractivity contribution >= 4 is 29.3 Å². The summed E-state index contributed by atoms with van der Waals surface area (Å²) in [6.07, 6.45) is 5.64. The average molecular weight is 493 g/mol. The van der Waals surface area contributed by atoms with Gasteiger partial charge < -0.3 is 18.9 Å². The molecule has 0 N–H and O–H groups in total. The van der Waals surface area contributed by atoms with Crippen LogP contribution < -0.4 is 0 Å². The lowest BCUT2D eigenvalue weighted by Crippen LogP contribution is -2.50. The molecule has 178 valence electrons. The molecule has 0 radical (unpaired) electrons. The highest BCUT2D eigenvalue weighted by Crippen LogP contribution is 2.46. The highest BCUT2D eigenvalue weighted by Gasteiger charge is 2.45. The summed E-state index contributed by atoms with van der Waals surface area (Å²) in [5.74, 6) is 1.27. The number of piperidine rings is 1. The number of rotatable bonds is 5. The van der Waals surface area contributed by atoms with Gasteiger partial charge in [-0.3, -0.25) is 0 Å². The second kappa shape index (κ2) is 8.79. The van der Waals surface area contributed by atoms with Crippen LogP contribution in [0.15, 0.2) is 22.7 Å². The number of aromatic nitrogens is 1. The Hall–Kier alpha value is -1.76.